The van der Waals surface area contributed by atoms with Crippen LogP contribution in [0.3, 0.4) is 0 Å². The number of piperidine rings is 1. The van der Waals surface area contributed by atoms with Crippen LogP contribution in [0.15, 0.2) is 33.3 Å². The van der Waals surface area contributed by atoms with E-state index >= 15 is 0 Å². The molecule has 0 bridgehead atoms. The van der Waals surface area contributed by atoms with Crippen LogP contribution in [0.4, 0.5) is 0 Å². The molecule has 1 aliphatic rings. The topological polar surface area (TPSA) is 72.4 Å². The number of aromatic nitrogens is 2. The molecule has 2 aromatic rings. The molecule has 0 aliphatic carbocycles. The predicted octanol–water partition coefficient (Wildman–Crippen LogP) is 3.21. The number of rotatable bonds is 4. The molecular weight excluding hydrogens is 294 g/mol. The summed E-state index contributed by atoms with van der Waals surface area (Å²) < 4.78 is 10.9. The van der Waals surface area contributed by atoms with E-state index in [1.807, 2.05) is 24.8 Å². The average Bonchev–Trinajstić information content (AvgIpc) is 3.24. The van der Waals surface area contributed by atoms with Gasteiger partial charge in [-0.1, -0.05) is 13.8 Å². The smallest absolute Gasteiger partial charge is 0.246 e. The summed E-state index contributed by atoms with van der Waals surface area (Å²) in [6.07, 6.45) is 6.54. The van der Waals surface area contributed by atoms with Gasteiger partial charge in [0.25, 0.3) is 0 Å². The first-order chi connectivity index (χ1) is 11.1. The van der Waals surface area contributed by atoms with Crippen molar-refractivity contribution in [1.29, 1.82) is 0 Å². The van der Waals surface area contributed by atoms with Crippen LogP contribution in [0.25, 0.3) is 6.08 Å². The van der Waals surface area contributed by atoms with Gasteiger partial charge in [0.05, 0.1) is 6.26 Å². The van der Waals surface area contributed by atoms with Gasteiger partial charge in [0.2, 0.25) is 17.7 Å². The molecular formula is C17H21N3O3. The van der Waals surface area contributed by atoms with Gasteiger partial charge in [0.1, 0.15) is 5.76 Å². The summed E-state index contributed by atoms with van der Waals surface area (Å²) in [5.41, 5.74) is 0. The molecule has 0 atom stereocenters. The largest absolute Gasteiger partial charge is 0.465 e. The first-order valence-corrected chi connectivity index (χ1v) is 7.97. The monoisotopic (exact) mass is 315 g/mol. The lowest BCUT2D eigenvalue weighted by atomic mass is 9.97. The van der Waals surface area contributed by atoms with Gasteiger partial charge in [-0.05, 0) is 31.1 Å². The third kappa shape index (κ3) is 3.70. The number of amides is 1. The summed E-state index contributed by atoms with van der Waals surface area (Å²) in [7, 11) is 0. The lowest BCUT2D eigenvalue weighted by molar-refractivity contribution is -0.127. The van der Waals surface area contributed by atoms with Crippen molar-refractivity contribution in [2.45, 2.75) is 38.5 Å². The van der Waals surface area contributed by atoms with Crippen molar-refractivity contribution in [3.05, 3.63) is 42.0 Å². The van der Waals surface area contributed by atoms with Crippen LogP contribution >= 0.6 is 0 Å². The summed E-state index contributed by atoms with van der Waals surface area (Å²) >= 11 is 0. The van der Waals surface area contributed by atoms with Gasteiger partial charge >= 0.3 is 0 Å². The number of carbonyl (C=O) groups excluding carboxylic acids is 1. The Hall–Kier alpha value is -2.37. The molecule has 3 heterocycles. The minimum Gasteiger partial charge on any atom is -0.465 e. The molecule has 23 heavy (non-hydrogen) atoms. The van der Waals surface area contributed by atoms with Gasteiger partial charge in [-0.15, -0.1) is 10.2 Å². The second-order valence-corrected chi connectivity index (χ2v) is 6.08. The van der Waals surface area contributed by atoms with Crippen molar-refractivity contribution in [2.75, 3.05) is 13.1 Å². The molecule has 6 heteroatoms. The highest BCUT2D eigenvalue weighted by molar-refractivity contribution is 5.91. The zero-order valence-corrected chi connectivity index (χ0v) is 13.4. The van der Waals surface area contributed by atoms with Crippen LogP contribution in [0.5, 0.6) is 0 Å². The molecule has 6 nitrogen and oxygen atoms in total. The predicted molar refractivity (Wildman–Crippen MR) is 84.7 cm³/mol. The highest BCUT2D eigenvalue weighted by atomic mass is 16.4. The molecule has 122 valence electrons. The SMILES string of the molecule is CC(C)c1nnc(C2CCN(C(=O)/C=C/c3ccco3)CC2)o1. The van der Waals surface area contributed by atoms with Gasteiger partial charge in [-0.3, -0.25) is 4.79 Å². The maximum atomic E-state index is 12.2. The molecule has 3 rings (SSSR count). The standard InChI is InChI=1S/C17H21N3O3/c1-12(2)16-18-19-17(23-16)13-7-9-20(10-8-13)15(21)6-5-14-4-3-11-22-14/h3-6,11-13H,7-10H2,1-2H3/b6-5+. The average molecular weight is 315 g/mol. The van der Waals surface area contributed by atoms with E-state index < -0.39 is 0 Å². The van der Waals surface area contributed by atoms with Crippen molar-refractivity contribution in [3.63, 3.8) is 0 Å². The van der Waals surface area contributed by atoms with Crippen molar-refractivity contribution in [3.8, 4) is 0 Å². The first-order valence-electron chi connectivity index (χ1n) is 7.97. The highest BCUT2D eigenvalue weighted by Gasteiger charge is 2.26. The Bertz CT molecular complexity index is 665. The third-order valence-corrected chi connectivity index (χ3v) is 4.04. The maximum Gasteiger partial charge on any atom is 0.246 e. The van der Waals surface area contributed by atoms with Crippen molar-refractivity contribution >= 4 is 12.0 Å². The molecule has 0 unspecified atom stereocenters. The Labute approximate surface area is 135 Å². The molecule has 0 N–H and O–H groups in total. The van der Waals surface area contributed by atoms with Gasteiger partial charge in [0.15, 0.2) is 0 Å². The molecule has 1 amide bonds. The Balaban J connectivity index is 1.54. The van der Waals surface area contributed by atoms with E-state index in [4.69, 9.17) is 8.83 Å². The number of likely N-dealkylation sites (tertiary alicyclic amines) is 1. The van der Waals surface area contributed by atoms with E-state index in [0.717, 1.165) is 12.8 Å². The van der Waals surface area contributed by atoms with E-state index in [9.17, 15) is 4.79 Å². The van der Waals surface area contributed by atoms with Gasteiger partial charge in [-0.2, -0.15) is 0 Å². The molecule has 1 fully saturated rings. The van der Waals surface area contributed by atoms with E-state index in [-0.39, 0.29) is 17.7 Å². The lowest BCUT2D eigenvalue weighted by Crippen LogP contribution is -2.36. The third-order valence-electron chi connectivity index (χ3n) is 4.04. The van der Waals surface area contributed by atoms with Crippen molar-refractivity contribution < 1.29 is 13.6 Å². The van der Waals surface area contributed by atoms with Crippen LogP contribution in [-0.4, -0.2) is 34.1 Å². The molecule has 1 aliphatic heterocycles. The second-order valence-electron chi connectivity index (χ2n) is 6.08. The maximum absolute atomic E-state index is 12.2. The van der Waals surface area contributed by atoms with Crippen LogP contribution in [-0.2, 0) is 4.79 Å². The molecule has 0 aromatic carbocycles. The van der Waals surface area contributed by atoms with E-state index in [1.165, 1.54) is 0 Å². The summed E-state index contributed by atoms with van der Waals surface area (Å²) in [5, 5.41) is 8.24. The highest BCUT2D eigenvalue weighted by Crippen LogP contribution is 2.28. The molecule has 2 aromatic heterocycles. The van der Waals surface area contributed by atoms with E-state index in [1.54, 1.807) is 24.5 Å². The normalized spacial score (nSPS) is 16.6. The lowest BCUT2D eigenvalue weighted by Gasteiger charge is -2.29. The zero-order valence-electron chi connectivity index (χ0n) is 13.4. The fraction of sp³-hybridized carbons (Fsp3) is 0.471. The Kier molecular flexibility index (Phi) is 4.60. The summed E-state index contributed by atoms with van der Waals surface area (Å²) in [6, 6.07) is 3.61. The van der Waals surface area contributed by atoms with Gasteiger partial charge in [-0.25, -0.2) is 0 Å². The zero-order chi connectivity index (χ0) is 16.2. The summed E-state index contributed by atoms with van der Waals surface area (Å²) in [5.74, 6) is 2.55. The van der Waals surface area contributed by atoms with Crippen LogP contribution in [0.2, 0.25) is 0 Å². The fourth-order valence-corrected chi connectivity index (χ4v) is 2.64. The van der Waals surface area contributed by atoms with Gasteiger partial charge < -0.3 is 13.7 Å². The van der Waals surface area contributed by atoms with E-state index in [2.05, 4.69) is 10.2 Å². The fourth-order valence-electron chi connectivity index (χ4n) is 2.64. The number of hydrogen-bond acceptors (Lipinski definition) is 5. The minimum absolute atomic E-state index is 0.00764. The summed E-state index contributed by atoms with van der Waals surface area (Å²) in [4.78, 5) is 14.0. The molecule has 0 radical (unpaired) electrons. The van der Waals surface area contributed by atoms with Crippen LogP contribution in [0, 0.1) is 0 Å². The van der Waals surface area contributed by atoms with Gasteiger partial charge in [0, 0.05) is 31.0 Å². The molecule has 0 spiro atoms. The van der Waals surface area contributed by atoms with Crippen LogP contribution < -0.4 is 0 Å². The number of furan rings is 1. The quantitative estimate of drug-likeness (QED) is 0.810. The Morgan fingerprint density at radius 2 is 2.13 bits per heavy atom. The second kappa shape index (κ2) is 6.81. The number of hydrogen-bond donors (Lipinski definition) is 0. The van der Waals surface area contributed by atoms with Crippen molar-refractivity contribution in [2.24, 2.45) is 0 Å². The minimum atomic E-state index is 0.00764. The van der Waals surface area contributed by atoms with E-state index in [0.29, 0.717) is 30.6 Å². The van der Waals surface area contributed by atoms with Crippen LogP contribution in [0.1, 0.15) is 56.1 Å². The number of carbonyl (C=O) groups is 1. The summed E-state index contributed by atoms with van der Waals surface area (Å²) in [6.45, 7) is 5.46. The van der Waals surface area contributed by atoms with Crippen molar-refractivity contribution in [1.82, 2.24) is 15.1 Å². The Morgan fingerprint density at radius 3 is 2.74 bits per heavy atom. The Morgan fingerprint density at radius 1 is 1.35 bits per heavy atom. The first kappa shape index (κ1) is 15.5. The number of nitrogens with zero attached hydrogens (tertiary/aromatic N) is 3. The molecule has 0 saturated carbocycles. The molecule has 1 saturated heterocycles.